The van der Waals surface area contributed by atoms with E-state index in [-0.39, 0.29) is 5.91 Å². The molecule has 1 aliphatic rings. The first-order valence-electron chi connectivity index (χ1n) is 6.00. The second kappa shape index (κ2) is 4.48. The Morgan fingerprint density at radius 3 is 2.50 bits per heavy atom. The fourth-order valence-corrected chi connectivity index (χ4v) is 2.29. The van der Waals surface area contributed by atoms with E-state index in [4.69, 9.17) is 4.42 Å². The molecule has 18 heavy (non-hydrogen) atoms. The molecule has 1 amide bonds. The van der Waals surface area contributed by atoms with Crippen LogP contribution in [0.5, 0.6) is 0 Å². The summed E-state index contributed by atoms with van der Waals surface area (Å²) in [6.07, 6.45) is 1.66. The number of rotatable bonds is 4. The second-order valence-corrected chi connectivity index (χ2v) is 4.91. The van der Waals surface area contributed by atoms with Crippen LogP contribution in [0.15, 0.2) is 16.5 Å². The summed E-state index contributed by atoms with van der Waals surface area (Å²) in [5.41, 5.74) is -1.20. The fraction of sp³-hybridized carbons (Fsp3) is 0.538. The molecule has 0 unspecified atom stereocenters. The van der Waals surface area contributed by atoms with Crippen molar-refractivity contribution in [3.63, 3.8) is 0 Å². The Morgan fingerprint density at radius 1 is 1.44 bits per heavy atom. The maximum Gasteiger partial charge on any atom is 0.319 e. The summed E-state index contributed by atoms with van der Waals surface area (Å²) < 4.78 is 5.39. The lowest BCUT2D eigenvalue weighted by atomic mass is 9.68. The summed E-state index contributed by atoms with van der Waals surface area (Å²) in [4.78, 5) is 24.9. The molecule has 5 heteroatoms. The normalized spacial score (nSPS) is 17.0. The molecule has 2 rings (SSSR count). The van der Waals surface area contributed by atoms with Gasteiger partial charge in [0.15, 0.2) is 0 Å². The van der Waals surface area contributed by atoms with Gasteiger partial charge in [-0.1, -0.05) is 6.42 Å². The van der Waals surface area contributed by atoms with Crippen molar-refractivity contribution in [2.45, 2.75) is 32.7 Å². The van der Waals surface area contributed by atoms with Crippen molar-refractivity contribution < 1.29 is 19.1 Å². The molecule has 1 heterocycles. The van der Waals surface area contributed by atoms with E-state index >= 15 is 0 Å². The highest BCUT2D eigenvalue weighted by Crippen LogP contribution is 2.42. The molecule has 1 N–H and O–H groups in total. The number of aliphatic carboxylic acids is 1. The SMILES string of the molecule is Cc1ccc(CN(C)C(=O)C2(C(=O)O)CCC2)o1. The third-order valence-corrected chi connectivity index (χ3v) is 3.56. The number of carbonyl (C=O) groups is 2. The zero-order valence-electron chi connectivity index (χ0n) is 10.6. The molecule has 1 aliphatic carbocycles. The fourth-order valence-electron chi connectivity index (χ4n) is 2.29. The molecule has 5 nitrogen and oxygen atoms in total. The predicted octanol–water partition coefficient (Wildman–Crippen LogP) is 1.80. The summed E-state index contributed by atoms with van der Waals surface area (Å²) in [5, 5.41) is 9.20. The highest BCUT2D eigenvalue weighted by molar-refractivity contribution is 6.02. The first-order valence-corrected chi connectivity index (χ1v) is 6.00. The standard InChI is InChI=1S/C13H17NO4/c1-9-4-5-10(18-9)8-14(2)11(15)13(12(16)17)6-3-7-13/h4-5H,3,6-8H2,1-2H3,(H,16,17). The molecule has 0 atom stereocenters. The molecule has 98 valence electrons. The smallest absolute Gasteiger partial charge is 0.319 e. The minimum absolute atomic E-state index is 0.307. The Labute approximate surface area is 105 Å². The Hall–Kier alpha value is -1.78. The van der Waals surface area contributed by atoms with Gasteiger partial charge >= 0.3 is 5.97 Å². The third-order valence-electron chi connectivity index (χ3n) is 3.56. The van der Waals surface area contributed by atoms with Crippen LogP contribution in [0.3, 0.4) is 0 Å². The number of aryl methyl sites for hydroxylation is 1. The maximum atomic E-state index is 12.2. The van der Waals surface area contributed by atoms with Crippen LogP contribution < -0.4 is 0 Å². The zero-order valence-corrected chi connectivity index (χ0v) is 10.6. The van der Waals surface area contributed by atoms with Crippen LogP contribution >= 0.6 is 0 Å². The van der Waals surface area contributed by atoms with E-state index in [1.165, 1.54) is 4.90 Å². The van der Waals surface area contributed by atoms with Crippen molar-refractivity contribution >= 4 is 11.9 Å². The maximum absolute atomic E-state index is 12.2. The van der Waals surface area contributed by atoms with Gasteiger partial charge < -0.3 is 14.4 Å². The quantitative estimate of drug-likeness (QED) is 0.828. The molecule has 0 spiro atoms. The van der Waals surface area contributed by atoms with Gasteiger partial charge in [-0.05, 0) is 31.9 Å². The lowest BCUT2D eigenvalue weighted by Gasteiger charge is -2.38. The number of carboxylic acid groups (broad SMARTS) is 1. The minimum atomic E-state index is -1.20. The number of hydrogen-bond acceptors (Lipinski definition) is 3. The van der Waals surface area contributed by atoms with E-state index in [2.05, 4.69) is 0 Å². The van der Waals surface area contributed by atoms with Gasteiger partial charge in [0, 0.05) is 7.05 Å². The molecule has 0 aromatic carbocycles. The number of furan rings is 1. The Morgan fingerprint density at radius 2 is 2.11 bits per heavy atom. The van der Waals surface area contributed by atoms with Crippen LogP contribution in [0.25, 0.3) is 0 Å². The first-order chi connectivity index (χ1) is 8.45. The van der Waals surface area contributed by atoms with E-state index in [0.717, 1.165) is 12.2 Å². The van der Waals surface area contributed by atoms with Crippen molar-refractivity contribution in [1.82, 2.24) is 4.90 Å². The largest absolute Gasteiger partial charge is 0.480 e. The minimum Gasteiger partial charge on any atom is -0.480 e. The highest BCUT2D eigenvalue weighted by atomic mass is 16.4. The van der Waals surface area contributed by atoms with Gasteiger partial charge in [-0.15, -0.1) is 0 Å². The number of nitrogens with zero attached hydrogens (tertiary/aromatic N) is 1. The molecule has 0 bridgehead atoms. The summed E-state index contributed by atoms with van der Waals surface area (Å²) in [6.45, 7) is 2.14. The van der Waals surface area contributed by atoms with Gasteiger partial charge in [0.05, 0.1) is 6.54 Å². The molecule has 1 aromatic rings. The van der Waals surface area contributed by atoms with Crippen molar-refractivity contribution in [2.75, 3.05) is 7.05 Å². The van der Waals surface area contributed by atoms with E-state index in [0.29, 0.717) is 25.1 Å². The number of carboxylic acids is 1. The van der Waals surface area contributed by atoms with Crippen molar-refractivity contribution in [3.05, 3.63) is 23.7 Å². The second-order valence-electron chi connectivity index (χ2n) is 4.91. The average Bonchev–Trinajstić information content (AvgIpc) is 2.61. The van der Waals surface area contributed by atoms with Gasteiger partial charge in [-0.25, -0.2) is 0 Å². The summed E-state index contributed by atoms with van der Waals surface area (Å²) in [7, 11) is 1.61. The van der Waals surface area contributed by atoms with Crippen molar-refractivity contribution in [2.24, 2.45) is 5.41 Å². The lowest BCUT2D eigenvalue weighted by molar-refractivity contribution is -0.167. The van der Waals surface area contributed by atoms with Gasteiger partial charge in [0.1, 0.15) is 16.9 Å². The molecule has 0 saturated heterocycles. The Kier molecular flexibility index (Phi) is 3.15. The molecular weight excluding hydrogens is 234 g/mol. The predicted molar refractivity (Wildman–Crippen MR) is 63.8 cm³/mol. The highest BCUT2D eigenvalue weighted by Gasteiger charge is 2.52. The van der Waals surface area contributed by atoms with Gasteiger partial charge in [-0.2, -0.15) is 0 Å². The summed E-state index contributed by atoms with van der Waals surface area (Å²) >= 11 is 0. The van der Waals surface area contributed by atoms with Crippen LogP contribution in [0.1, 0.15) is 30.8 Å². The van der Waals surface area contributed by atoms with E-state index in [1.807, 2.05) is 13.0 Å². The van der Waals surface area contributed by atoms with Crippen LogP contribution in [-0.2, 0) is 16.1 Å². The molecule has 1 aromatic heterocycles. The van der Waals surface area contributed by atoms with E-state index < -0.39 is 11.4 Å². The third kappa shape index (κ3) is 2.00. The van der Waals surface area contributed by atoms with Gasteiger partial charge in [0.25, 0.3) is 0 Å². The van der Waals surface area contributed by atoms with Gasteiger partial charge in [-0.3, -0.25) is 9.59 Å². The van der Waals surface area contributed by atoms with Gasteiger partial charge in [0.2, 0.25) is 5.91 Å². The number of carbonyl (C=O) groups excluding carboxylic acids is 1. The molecular formula is C13H17NO4. The average molecular weight is 251 g/mol. The van der Waals surface area contributed by atoms with Crippen LogP contribution in [0.4, 0.5) is 0 Å². The summed E-state index contributed by atoms with van der Waals surface area (Å²) in [5.74, 6) is 0.113. The van der Waals surface area contributed by atoms with Crippen molar-refractivity contribution in [1.29, 1.82) is 0 Å². The van der Waals surface area contributed by atoms with E-state index in [1.54, 1.807) is 13.1 Å². The Balaban J connectivity index is 2.07. The monoisotopic (exact) mass is 251 g/mol. The number of amides is 1. The lowest BCUT2D eigenvalue weighted by Crippen LogP contribution is -2.51. The number of hydrogen-bond donors (Lipinski definition) is 1. The first kappa shape index (κ1) is 12.7. The van der Waals surface area contributed by atoms with Crippen LogP contribution in [0, 0.1) is 12.3 Å². The van der Waals surface area contributed by atoms with Crippen LogP contribution in [-0.4, -0.2) is 28.9 Å². The Bertz CT molecular complexity index is 473. The molecule has 1 saturated carbocycles. The zero-order chi connectivity index (χ0) is 13.3. The summed E-state index contributed by atoms with van der Waals surface area (Å²) in [6, 6.07) is 3.62. The molecule has 0 radical (unpaired) electrons. The van der Waals surface area contributed by atoms with Crippen LogP contribution in [0.2, 0.25) is 0 Å². The van der Waals surface area contributed by atoms with Crippen molar-refractivity contribution in [3.8, 4) is 0 Å². The van der Waals surface area contributed by atoms with E-state index in [9.17, 15) is 14.7 Å². The topological polar surface area (TPSA) is 70.8 Å². The molecule has 0 aliphatic heterocycles. The molecule has 1 fully saturated rings.